The smallest absolute Gasteiger partial charge is 0.121 e. The van der Waals surface area contributed by atoms with Gasteiger partial charge in [0.25, 0.3) is 0 Å². The van der Waals surface area contributed by atoms with Crippen molar-refractivity contribution in [1.82, 2.24) is 5.43 Å². The van der Waals surface area contributed by atoms with Gasteiger partial charge in [0.05, 0.1) is 5.69 Å². The van der Waals surface area contributed by atoms with Gasteiger partial charge in [-0.15, -0.1) is 0 Å². The van der Waals surface area contributed by atoms with Crippen LogP contribution >= 0.6 is 0 Å². The molecule has 98 valence electrons. The van der Waals surface area contributed by atoms with E-state index >= 15 is 0 Å². The number of hydrazine groups is 1. The molecule has 2 rings (SSSR count). The summed E-state index contributed by atoms with van der Waals surface area (Å²) in [6.07, 6.45) is 0.701. The third kappa shape index (κ3) is 3.66. The van der Waals surface area contributed by atoms with E-state index in [2.05, 4.69) is 42.5 Å². The van der Waals surface area contributed by atoms with Crippen LogP contribution in [-0.2, 0) is 6.42 Å². The maximum Gasteiger partial charge on any atom is 0.121 e. The van der Waals surface area contributed by atoms with Gasteiger partial charge in [0, 0.05) is 6.42 Å². The Morgan fingerprint density at radius 2 is 1.79 bits per heavy atom. The van der Waals surface area contributed by atoms with Gasteiger partial charge in [-0.3, -0.25) is 0 Å². The van der Waals surface area contributed by atoms with Crippen LogP contribution in [0.15, 0.2) is 53.5 Å². The molecule has 0 spiro atoms. The molecular formula is C16H19N3. The van der Waals surface area contributed by atoms with Gasteiger partial charge in [-0.1, -0.05) is 36.4 Å². The molecule has 0 saturated heterocycles. The normalized spacial score (nSPS) is 11.4. The molecule has 3 N–H and O–H groups in total. The van der Waals surface area contributed by atoms with Gasteiger partial charge in [-0.25, -0.2) is 10.8 Å². The van der Waals surface area contributed by atoms with Crippen molar-refractivity contribution in [1.29, 1.82) is 0 Å². The molecule has 0 aliphatic heterocycles. The lowest BCUT2D eigenvalue weighted by molar-refractivity contribution is 0.987. The molecule has 0 unspecified atom stereocenters. The predicted molar refractivity (Wildman–Crippen MR) is 80.5 cm³/mol. The highest BCUT2D eigenvalue weighted by Crippen LogP contribution is 2.13. The zero-order valence-corrected chi connectivity index (χ0v) is 11.4. The van der Waals surface area contributed by atoms with E-state index in [1.807, 2.05) is 30.3 Å². The molecule has 19 heavy (non-hydrogen) atoms. The number of para-hydroxylation sites is 1. The lowest BCUT2D eigenvalue weighted by Gasteiger charge is -2.08. The summed E-state index contributed by atoms with van der Waals surface area (Å²) >= 11 is 0. The van der Waals surface area contributed by atoms with Gasteiger partial charge < -0.3 is 5.43 Å². The van der Waals surface area contributed by atoms with Crippen molar-refractivity contribution < 1.29 is 0 Å². The Morgan fingerprint density at radius 3 is 2.42 bits per heavy atom. The van der Waals surface area contributed by atoms with Crippen LogP contribution in [0.4, 0.5) is 5.69 Å². The molecule has 0 saturated carbocycles. The summed E-state index contributed by atoms with van der Waals surface area (Å²) in [6, 6.07) is 16.2. The standard InChI is InChI=1S/C16H19N3/c1-12-8-9-14(10-13(12)2)11-16(19-17)18-15-6-4-3-5-7-15/h3-10H,11,17H2,1-2H3,(H,18,19). The fourth-order valence-corrected chi connectivity index (χ4v) is 1.89. The fraction of sp³-hybridized carbons (Fsp3) is 0.188. The van der Waals surface area contributed by atoms with Gasteiger partial charge in [-0.2, -0.15) is 0 Å². The minimum atomic E-state index is 0.701. The summed E-state index contributed by atoms with van der Waals surface area (Å²) in [4.78, 5) is 4.51. The van der Waals surface area contributed by atoms with Crippen LogP contribution in [0.5, 0.6) is 0 Å². The Kier molecular flexibility index (Phi) is 4.31. The second kappa shape index (κ2) is 6.16. The first-order valence-electron chi connectivity index (χ1n) is 6.34. The van der Waals surface area contributed by atoms with Gasteiger partial charge in [0.15, 0.2) is 0 Å². The van der Waals surface area contributed by atoms with Crippen molar-refractivity contribution in [3.05, 3.63) is 65.2 Å². The Labute approximate surface area is 114 Å². The highest BCUT2D eigenvalue weighted by atomic mass is 15.2. The number of amidine groups is 1. The summed E-state index contributed by atoms with van der Waals surface area (Å²) in [5.41, 5.74) is 7.37. The molecule has 0 aliphatic rings. The largest absolute Gasteiger partial charge is 0.312 e. The lowest BCUT2D eigenvalue weighted by Crippen LogP contribution is -2.31. The van der Waals surface area contributed by atoms with E-state index in [1.165, 1.54) is 16.7 Å². The van der Waals surface area contributed by atoms with Crippen molar-refractivity contribution in [3.8, 4) is 0 Å². The molecule has 3 nitrogen and oxygen atoms in total. The average molecular weight is 253 g/mol. The van der Waals surface area contributed by atoms with Crippen molar-refractivity contribution in [2.24, 2.45) is 10.8 Å². The molecule has 0 fully saturated rings. The van der Waals surface area contributed by atoms with E-state index in [0.717, 1.165) is 11.5 Å². The summed E-state index contributed by atoms with van der Waals surface area (Å²) < 4.78 is 0. The van der Waals surface area contributed by atoms with Crippen LogP contribution in [0.25, 0.3) is 0 Å². The topological polar surface area (TPSA) is 50.4 Å². The van der Waals surface area contributed by atoms with Crippen LogP contribution in [0, 0.1) is 13.8 Å². The number of benzene rings is 2. The van der Waals surface area contributed by atoms with Crippen LogP contribution < -0.4 is 11.3 Å². The molecule has 0 heterocycles. The number of rotatable bonds is 3. The van der Waals surface area contributed by atoms with E-state index in [4.69, 9.17) is 5.84 Å². The third-order valence-corrected chi connectivity index (χ3v) is 3.13. The molecule has 0 radical (unpaired) electrons. The maximum absolute atomic E-state index is 5.56. The van der Waals surface area contributed by atoms with Crippen molar-refractivity contribution >= 4 is 11.5 Å². The Balaban J connectivity index is 2.19. The quantitative estimate of drug-likeness (QED) is 0.382. The Morgan fingerprint density at radius 1 is 1.05 bits per heavy atom. The zero-order chi connectivity index (χ0) is 13.7. The lowest BCUT2D eigenvalue weighted by atomic mass is 10.0. The van der Waals surface area contributed by atoms with E-state index < -0.39 is 0 Å². The van der Waals surface area contributed by atoms with Crippen LogP contribution in [0.2, 0.25) is 0 Å². The predicted octanol–water partition coefficient (Wildman–Crippen LogP) is 3.04. The molecule has 2 aromatic rings. The van der Waals surface area contributed by atoms with E-state index in [-0.39, 0.29) is 0 Å². The molecule has 0 bridgehead atoms. The number of aryl methyl sites for hydroxylation is 2. The Bertz CT molecular complexity index is 574. The van der Waals surface area contributed by atoms with E-state index in [9.17, 15) is 0 Å². The third-order valence-electron chi connectivity index (χ3n) is 3.13. The van der Waals surface area contributed by atoms with Crippen LogP contribution in [0.3, 0.4) is 0 Å². The zero-order valence-electron chi connectivity index (χ0n) is 11.4. The van der Waals surface area contributed by atoms with Crippen LogP contribution in [0.1, 0.15) is 16.7 Å². The monoisotopic (exact) mass is 253 g/mol. The summed E-state index contributed by atoms with van der Waals surface area (Å²) in [6.45, 7) is 4.22. The van der Waals surface area contributed by atoms with Crippen molar-refractivity contribution in [2.45, 2.75) is 20.3 Å². The minimum absolute atomic E-state index is 0.701. The van der Waals surface area contributed by atoms with E-state index in [1.54, 1.807) is 0 Å². The number of hydrogen-bond acceptors (Lipinski definition) is 2. The van der Waals surface area contributed by atoms with Crippen LogP contribution in [-0.4, -0.2) is 5.84 Å². The summed E-state index contributed by atoms with van der Waals surface area (Å²) in [7, 11) is 0. The Hall–Kier alpha value is -2.13. The first-order valence-corrected chi connectivity index (χ1v) is 6.34. The number of nitrogens with zero attached hydrogens (tertiary/aromatic N) is 1. The maximum atomic E-state index is 5.56. The number of nitrogens with one attached hydrogen (secondary N) is 1. The van der Waals surface area contributed by atoms with Gasteiger partial charge >= 0.3 is 0 Å². The average Bonchev–Trinajstić information content (AvgIpc) is 2.43. The highest BCUT2D eigenvalue weighted by Gasteiger charge is 2.02. The molecule has 2 aromatic carbocycles. The molecule has 0 aliphatic carbocycles. The minimum Gasteiger partial charge on any atom is -0.312 e. The highest BCUT2D eigenvalue weighted by molar-refractivity contribution is 5.86. The number of nitrogens with two attached hydrogens (primary N) is 1. The van der Waals surface area contributed by atoms with Gasteiger partial charge in [0.1, 0.15) is 5.84 Å². The van der Waals surface area contributed by atoms with Gasteiger partial charge in [0.2, 0.25) is 0 Å². The molecule has 0 atom stereocenters. The van der Waals surface area contributed by atoms with E-state index in [0.29, 0.717) is 6.42 Å². The SMILES string of the molecule is Cc1ccc(CC(=Nc2ccccc2)NN)cc1C. The number of aliphatic imine (C=N–C) groups is 1. The number of hydrogen-bond donors (Lipinski definition) is 2. The summed E-state index contributed by atoms with van der Waals surface area (Å²) in [5.74, 6) is 6.31. The first-order chi connectivity index (χ1) is 9.19. The second-order valence-corrected chi connectivity index (χ2v) is 4.63. The van der Waals surface area contributed by atoms with Crippen molar-refractivity contribution in [3.63, 3.8) is 0 Å². The molecular weight excluding hydrogens is 234 g/mol. The molecule has 0 amide bonds. The van der Waals surface area contributed by atoms with Crippen molar-refractivity contribution in [2.75, 3.05) is 0 Å². The fourth-order valence-electron chi connectivity index (χ4n) is 1.89. The first kappa shape index (κ1) is 13.3. The summed E-state index contributed by atoms with van der Waals surface area (Å²) in [5, 5.41) is 0. The van der Waals surface area contributed by atoms with Gasteiger partial charge in [-0.05, 0) is 42.7 Å². The molecule has 3 heteroatoms. The molecule has 0 aromatic heterocycles. The second-order valence-electron chi connectivity index (χ2n) is 4.63.